The quantitative estimate of drug-likeness (QED) is 0.722. The van der Waals surface area contributed by atoms with Crippen molar-refractivity contribution in [3.8, 4) is 16.9 Å². The van der Waals surface area contributed by atoms with Crippen LogP contribution in [-0.2, 0) is 13.2 Å². The second-order valence-corrected chi connectivity index (χ2v) is 5.60. The van der Waals surface area contributed by atoms with Crippen molar-refractivity contribution in [2.45, 2.75) is 13.2 Å². The lowest BCUT2D eigenvalue weighted by atomic mass is 10.0. The van der Waals surface area contributed by atoms with Gasteiger partial charge in [0.2, 0.25) is 0 Å². The SMILES string of the molecule is COc1ccc(Cn2cc(-c3cccc(CO)c3)c(C(=O)O)n2)cc1. The Morgan fingerprint density at radius 3 is 2.56 bits per heavy atom. The van der Waals surface area contributed by atoms with Gasteiger partial charge in [-0.1, -0.05) is 30.3 Å². The van der Waals surface area contributed by atoms with Crippen molar-refractivity contribution in [2.24, 2.45) is 0 Å². The van der Waals surface area contributed by atoms with Crippen molar-refractivity contribution in [1.29, 1.82) is 0 Å². The number of aliphatic hydroxyl groups is 1. The van der Waals surface area contributed by atoms with E-state index >= 15 is 0 Å². The Morgan fingerprint density at radius 1 is 1.16 bits per heavy atom. The minimum Gasteiger partial charge on any atom is -0.497 e. The number of ether oxygens (including phenoxy) is 1. The van der Waals surface area contributed by atoms with Crippen LogP contribution in [0.3, 0.4) is 0 Å². The molecule has 6 heteroatoms. The summed E-state index contributed by atoms with van der Waals surface area (Å²) in [5.74, 6) is -0.324. The van der Waals surface area contributed by atoms with Crippen LogP contribution in [0.1, 0.15) is 21.6 Å². The molecule has 1 heterocycles. The Labute approximate surface area is 144 Å². The van der Waals surface area contributed by atoms with Crippen molar-refractivity contribution < 1.29 is 19.7 Å². The number of aliphatic hydroxyl groups excluding tert-OH is 1. The van der Waals surface area contributed by atoms with Crippen molar-refractivity contribution >= 4 is 5.97 Å². The zero-order valence-corrected chi connectivity index (χ0v) is 13.7. The van der Waals surface area contributed by atoms with Gasteiger partial charge in [-0.3, -0.25) is 4.68 Å². The molecule has 25 heavy (non-hydrogen) atoms. The molecule has 0 unspecified atom stereocenters. The van der Waals surface area contributed by atoms with Gasteiger partial charge in [-0.25, -0.2) is 4.79 Å². The first-order chi connectivity index (χ1) is 12.1. The summed E-state index contributed by atoms with van der Waals surface area (Å²) < 4.78 is 6.74. The third-order valence-electron chi connectivity index (χ3n) is 3.89. The molecule has 0 fully saturated rings. The summed E-state index contributed by atoms with van der Waals surface area (Å²) in [4.78, 5) is 11.6. The number of carbonyl (C=O) groups is 1. The van der Waals surface area contributed by atoms with Gasteiger partial charge in [0.1, 0.15) is 5.75 Å². The van der Waals surface area contributed by atoms with Crippen LogP contribution in [0.2, 0.25) is 0 Å². The molecule has 0 aliphatic rings. The molecule has 3 rings (SSSR count). The predicted molar refractivity (Wildman–Crippen MR) is 92.6 cm³/mol. The van der Waals surface area contributed by atoms with Gasteiger partial charge in [-0.15, -0.1) is 0 Å². The van der Waals surface area contributed by atoms with Crippen LogP contribution in [-0.4, -0.2) is 33.1 Å². The van der Waals surface area contributed by atoms with Crippen LogP contribution in [0.25, 0.3) is 11.1 Å². The first-order valence-electron chi connectivity index (χ1n) is 7.74. The first kappa shape index (κ1) is 16.7. The number of nitrogens with zero attached hydrogens (tertiary/aromatic N) is 2. The van der Waals surface area contributed by atoms with E-state index in [1.165, 1.54) is 0 Å². The third-order valence-corrected chi connectivity index (χ3v) is 3.89. The maximum Gasteiger partial charge on any atom is 0.357 e. The smallest absolute Gasteiger partial charge is 0.357 e. The van der Waals surface area contributed by atoms with Crippen LogP contribution in [0.15, 0.2) is 54.7 Å². The van der Waals surface area contributed by atoms with E-state index in [0.29, 0.717) is 17.7 Å². The van der Waals surface area contributed by atoms with E-state index in [9.17, 15) is 15.0 Å². The molecule has 1 aromatic heterocycles. The van der Waals surface area contributed by atoms with Crippen LogP contribution in [0.5, 0.6) is 5.75 Å². The second-order valence-electron chi connectivity index (χ2n) is 5.60. The van der Waals surface area contributed by atoms with Gasteiger partial charge in [0.25, 0.3) is 0 Å². The molecule has 3 aromatic rings. The highest BCUT2D eigenvalue weighted by Crippen LogP contribution is 2.25. The standard InChI is InChI=1S/C19H18N2O4/c1-25-16-7-5-13(6-8-16)10-21-11-17(18(20-21)19(23)24)15-4-2-3-14(9-15)12-22/h2-9,11,22H,10,12H2,1H3,(H,23,24). The van der Waals surface area contributed by atoms with Gasteiger partial charge in [0.05, 0.1) is 20.3 Å². The van der Waals surface area contributed by atoms with Crippen LogP contribution in [0, 0.1) is 0 Å². The van der Waals surface area contributed by atoms with Gasteiger partial charge >= 0.3 is 5.97 Å². The molecule has 128 valence electrons. The first-order valence-corrected chi connectivity index (χ1v) is 7.74. The Balaban J connectivity index is 1.94. The van der Waals surface area contributed by atoms with Crippen LogP contribution >= 0.6 is 0 Å². The van der Waals surface area contributed by atoms with Gasteiger partial charge in [-0.05, 0) is 34.9 Å². The van der Waals surface area contributed by atoms with Crippen LogP contribution < -0.4 is 4.74 Å². The molecular weight excluding hydrogens is 320 g/mol. The Bertz CT molecular complexity index is 885. The van der Waals surface area contributed by atoms with Crippen LogP contribution in [0.4, 0.5) is 0 Å². The fraction of sp³-hybridized carbons (Fsp3) is 0.158. The number of methoxy groups -OCH3 is 1. The lowest BCUT2D eigenvalue weighted by Crippen LogP contribution is -2.04. The third kappa shape index (κ3) is 3.70. The fourth-order valence-corrected chi connectivity index (χ4v) is 2.63. The van der Waals surface area contributed by atoms with Crippen molar-refractivity contribution in [1.82, 2.24) is 9.78 Å². The zero-order chi connectivity index (χ0) is 17.8. The van der Waals surface area contributed by atoms with E-state index in [2.05, 4.69) is 5.10 Å². The highest BCUT2D eigenvalue weighted by molar-refractivity contribution is 5.93. The number of aromatic nitrogens is 2. The highest BCUT2D eigenvalue weighted by Gasteiger charge is 2.17. The van der Waals surface area contributed by atoms with E-state index in [-0.39, 0.29) is 12.3 Å². The normalized spacial score (nSPS) is 10.6. The minimum atomic E-state index is -1.09. The molecule has 0 amide bonds. The molecule has 2 N–H and O–H groups in total. The molecule has 0 aliphatic heterocycles. The summed E-state index contributed by atoms with van der Waals surface area (Å²) >= 11 is 0. The molecule has 0 atom stereocenters. The molecule has 0 aliphatic carbocycles. The van der Waals surface area contributed by atoms with Gasteiger partial charge < -0.3 is 14.9 Å². The number of carboxylic acid groups (broad SMARTS) is 1. The molecule has 0 spiro atoms. The van der Waals surface area contributed by atoms with Crippen molar-refractivity contribution in [3.63, 3.8) is 0 Å². The predicted octanol–water partition coefficient (Wildman–Crippen LogP) is 2.80. The molecule has 0 saturated heterocycles. The Morgan fingerprint density at radius 2 is 1.92 bits per heavy atom. The summed E-state index contributed by atoms with van der Waals surface area (Å²) in [6, 6.07) is 14.7. The second kappa shape index (κ2) is 7.19. The monoisotopic (exact) mass is 338 g/mol. The van der Waals surface area contributed by atoms with E-state index in [0.717, 1.165) is 16.9 Å². The average molecular weight is 338 g/mol. The van der Waals surface area contributed by atoms with Gasteiger partial charge in [-0.2, -0.15) is 5.10 Å². The van der Waals surface area contributed by atoms with Gasteiger partial charge in [0, 0.05) is 11.8 Å². The number of benzene rings is 2. The number of carboxylic acids is 1. The van der Waals surface area contributed by atoms with E-state index in [1.807, 2.05) is 24.3 Å². The van der Waals surface area contributed by atoms with Crippen molar-refractivity contribution in [3.05, 3.63) is 71.5 Å². The maximum atomic E-state index is 11.6. The Hall–Kier alpha value is -3.12. The lowest BCUT2D eigenvalue weighted by Gasteiger charge is -2.04. The highest BCUT2D eigenvalue weighted by atomic mass is 16.5. The lowest BCUT2D eigenvalue weighted by molar-refractivity contribution is 0.0690. The number of hydrogen-bond donors (Lipinski definition) is 2. The summed E-state index contributed by atoms with van der Waals surface area (Å²) in [5, 5.41) is 22.9. The van der Waals surface area contributed by atoms with E-state index in [1.54, 1.807) is 42.3 Å². The molecule has 0 bridgehead atoms. The zero-order valence-electron chi connectivity index (χ0n) is 13.7. The van der Waals surface area contributed by atoms with E-state index in [4.69, 9.17) is 4.74 Å². The summed E-state index contributed by atoms with van der Waals surface area (Å²) in [6.45, 7) is 0.347. The van der Waals surface area contributed by atoms with E-state index < -0.39 is 5.97 Å². The Kier molecular flexibility index (Phi) is 4.81. The van der Waals surface area contributed by atoms with Crippen molar-refractivity contribution in [2.75, 3.05) is 7.11 Å². The molecule has 6 nitrogen and oxygen atoms in total. The largest absolute Gasteiger partial charge is 0.497 e. The average Bonchev–Trinajstić information content (AvgIpc) is 3.06. The maximum absolute atomic E-state index is 11.6. The summed E-state index contributed by atoms with van der Waals surface area (Å²) in [6.07, 6.45) is 1.71. The molecule has 2 aromatic carbocycles. The topological polar surface area (TPSA) is 84.6 Å². The number of rotatable bonds is 6. The fourth-order valence-electron chi connectivity index (χ4n) is 2.63. The molecule has 0 saturated carbocycles. The summed E-state index contributed by atoms with van der Waals surface area (Å²) in [5.41, 5.74) is 2.93. The number of hydrogen-bond acceptors (Lipinski definition) is 4. The minimum absolute atomic E-state index is 0.0106. The molecule has 0 radical (unpaired) electrons. The molecular formula is C19H18N2O4. The number of aromatic carboxylic acids is 1. The van der Waals surface area contributed by atoms with Gasteiger partial charge in [0.15, 0.2) is 5.69 Å². The summed E-state index contributed by atoms with van der Waals surface area (Å²) in [7, 11) is 1.61.